The van der Waals surface area contributed by atoms with Crippen LogP contribution in [0.25, 0.3) is 0 Å². The van der Waals surface area contributed by atoms with Crippen molar-refractivity contribution in [3.8, 4) is 23.0 Å². The van der Waals surface area contributed by atoms with E-state index >= 15 is 0 Å². The fraction of sp³-hybridized carbons (Fsp3) is 0.385. The highest BCUT2D eigenvalue weighted by Crippen LogP contribution is 2.34. The number of hydrogen-bond donors (Lipinski definition) is 4. The number of halogens is 4. The van der Waals surface area contributed by atoms with Crippen LogP contribution in [0, 0.1) is 0 Å². The van der Waals surface area contributed by atoms with E-state index < -0.39 is 0 Å². The molecule has 4 aromatic rings. The molecule has 0 amide bonds. The minimum Gasteiger partial charge on any atom is -0.508 e. The third-order valence-corrected chi connectivity index (χ3v) is 11.2. The van der Waals surface area contributed by atoms with Gasteiger partial charge in [0.05, 0.1) is 20.0 Å². The first kappa shape index (κ1) is 38.3. The molecule has 10 nitrogen and oxygen atoms in total. The number of hydrogen-bond acceptors (Lipinski definition) is 10. The lowest BCUT2D eigenvalue weighted by atomic mass is 10.1. The van der Waals surface area contributed by atoms with Gasteiger partial charge in [-0.2, -0.15) is 0 Å². The Kier molecular flexibility index (Phi) is 12.1. The van der Waals surface area contributed by atoms with Crippen LogP contribution in [-0.2, 0) is 39.3 Å². The molecule has 0 saturated carbocycles. The van der Waals surface area contributed by atoms with E-state index in [0.717, 1.165) is 72.6 Å². The number of nitrogens with zero attached hydrogens (tertiary/aromatic N) is 6. The van der Waals surface area contributed by atoms with E-state index in [2.05, 4.69) is 29.4 Å². The van der Waals surface area contributed by atoms with Gasteiger partial charge in [-0.15, -0.1) is 0 Å². The summed E-state index contributed by atoms with van der Waals surface area (Å²) < 4.78 is 0. The molecule has 3 saturated heterocycles. The van der Waals surface area contributed by atoms with E-state index in [0.29, 0.717) is 79.4 Å². The molecule has 3 fully saturated rings. The molecular weight excluding hydrogens is 758 g/mol. The maximum atomic E-state index is 11.4. The molecule has 0 spiro atoms. The highest BCUT2D eigenvalue weighted by molar-refractivity contribution is 6.31. The topological polar surface area (TPSA) is 100 Å². The van der Waals surface area contributed by atoms with Crippen molar-refractivity contribution in [2.24, 2.45) is 0 Å². The van der Waals surface area contributed by atoms with Gasteiger partial charge in [0, 0.05) is 132 Å². The Morgan fingerprint density at radius 2 is 0.604 bits per heavy atom. The van der Waals surface area contributed by atoms with E-state index in [1.807, 2.05) is 24.3 Å². The highest BCUT2D eigenvalue weighted by Gasteiger charge is 2.27. The maximum Gasteiger partial charge on any atom is 0.124 e. The fourth-order valence-electron chi connectivity index (χ4n) is 7.62. The summed E-state index contributed by atoms with van der Waals surface area (Å²) in [5, 5.41) is 45.6. The monoisotopic (exact) mass is 800 g/mol. The van der Waals surface area contributed by atoms with Gasteiger partial charge in [-0.05, 0) is 60.7 Å². The molecule has 0 atom stereocenters. The average molecular weight is 803 g/mol. The minimum absolute atomic E-state index is 0.235. The lowest BCUT2D eigenvalue weighted by Gasteiger charge is -2.23. The molecule has 53 heavy (non-hydrogen) atoms. The van der Waals surface area contributed by atoms with Crippen molar-refractivity contribution in [3.05, 3.63) is 114 Å². The molecule has 0 bridgehead atoms. The molecule has 0 unspecified atom stereocenters. The molecule has 14 heteroatoms. The Morgan fingerprint density at radius 3 is 0.887 bits per heavy atom. The van der Waals surface area contributed by atoms with Crippen molar-refractivity contribution in [1.29, 1.82) is 0 Å². The van der Waals surface area contributed by atoms with Crippen molar-refractivity contribution in [2.45, 2.75) is 39.3 Å². The van der Waals surface area contributed by atoms with Crippen LogP contribution in [0.3, 0.4) is 0 Å². The Labute approximate surface area is 330 Å². The van der Waals surface area contributed by atoms with Gasteiger partial charge in [0.25, 0.3) is 0 Å². The lowest BCUT2D eigenvalue weighted by molar-refractivity contribution is 0.226. The first-order valence-corrected chi connectivity index (χ1v) is 19.3. The molecule has 3 aliphatic rings. The van der Waals surface area contributed by atoms with E-state index in [1.54, 1.807) is 36.4 Å². The number of rotatable bonds is 12. The first-order valence-electron chi connectivity index (χ1n) is 17.7. The molecule has 0 aromatic heterocycles. The van der Waals surface area contributed by atoms with Crippen molar-refractivity contribution < 1.29 is 20.4 Å². The standard InChI is InChI=1S/C39H44Cl4N6O4/c40-32-1-3-36(50)26(11-32)17-44-5-7-46(23-44)19-28-13-34(42)15-30(38(28)52)21-48-9-10-49(25-48)22-31-16-35(43)14-29(39(31)53)20-47-8-6-45(24-47)18-27-12-33(41)2-4-37(27)51/h1-4,11-16,50-53H,5-10,17-25H2. The molecular formula is C39H44Cl4N6O4. The molecule has 7 rings (SSSR count). The molecule has 3 heterocycles. The van der Waals surface area contributed by atoms with Crippen LogP contribution in [0.5, 0.6) is 23.0 Å². The van der Waals surface area contributed by atoms with Gasteiger partial charge in [0.1, 0.15) is 23.0 Å². The summed E-state index contributed by atoms with van der Waals surface area (Å²) in [5.41, 5.74) is 4.73. The summed E-state index contributed by atoms with van der Waals surface area (Å²) in [5.74, 6) is 1.000. The molecule has 0 aliphatic carbocycles. The molecule has 0 radical (unpaired) electrons. The van der Waals surface area contributed by atoms with Crippen molar-refractivity contribution >= 4 is 46.4 Å². The largest absolute Gasteiger partial charge is 0.508 e. The summed E-state index contributed by atoms with van der Waals surface area (Å²) in [6.07, 6.45) is 0. The SMILES string of the molecule is Oc1ccc(Cl)cc1CN1CCN(Cc2cc(Cl)cc(CN3CCN(Cc4cc(Cl)cc(CN5CCN(Cc6cc(Cl)ccc6O)C5)c4O)C3)c2O)C1. The number of phenols is 4. The minimum atomic E-state index is 0.235. The van der Waals surface area contributed by atoms with Crippen LogP contribution in [0.4, 0.5) is 0 Å². The smallest absolute Gasteiger partial charge is 0.124 e. The van der Waals surface area contributed by atoms with Gasteiger partial charge < -0.3 is 20.4 Å². The molecule has 4 aromatic carbocycles. The number of aromatic hydroxyl groups is 4. The predicted octanol–water partition coefficient (Wildman–Crippen LogP) is 6.95. The summed E-state index contributed by atoms with van der Waals surface area (Å²) >= 11 is 25.5. The number of phenolic OH excluding ortho intramolecular Hbond substituents is 4. The molecule has 282 valence electrons. The van der Waals surface area contributed by atoms with Crippen LogP contribution in [0.2, 0.25) is 20.1 Å². The lowest BCUT2D eigenvalue weighted by Crippen LogP contribution is -2.26. The van der Waals surface area contributed by atoms with Crippen LogP contribution in [0.1, 0.15) is 33.4 Å². The summed E-state index contributed by atoms with van der Waals surface area (Å²) in [6, 6.07) is 17.6. The van der Waals surface area contributed by atoms with E-state index in [9.17, 15) is 20.4 Å². The van der Waals surface area contributed by atoms with Crippen LogP contribution >= 0.6 is 46.4 Å². The second-order valence-corrected chi connectivity index (χ2v) is 16.2. The predicted molar refractivity (Wildman–Crippen MR) is 210 cm³/mol. The second kappa shape index (κ2) is 16.8. The van der Waals surface area contributed by atoms with Crippen LogP contribution in [-0.4, -0.2) is 109 Å². The third-order valence-electron chi connectivity index (χ3n) is 10.3. The quantitative estimate of drug-likeness (QED) is 0.121. The third kappa shape index (κ3) is 9.63. The van der Waals surface area contributed by atoms with Gasteiger partial charge in [-0.3, -0.25) is 29.4 Å². The zero-order chi connectivity index (χ0) is 37.2. The normalized spacial score (nSPS) is 18.2. The zero-order valence-corrected chi connectivity index (χ0v) is 32.4. The van der Waals surface area contributed by atoms with Gasteiger partial charge in [-0.25, -0.2) is 0 Å². The van der Waals surface area contributed by atoms with E-state index in [4.69, 9.17) is 46.4 Å². The maximum absolute atomic E-state index is 11.4. The second-order valence-electron chi connectivity index (χ2n) is 14.4. The Bertz CT molecular complexity index is 1820. The Morgan fingerprint density at radius 1 is 0.358 bits per heavy atom. The van der Waals surface area contributed by atoms with Gasteiger partial charge in [0.2, 0.25) is 0 Å². The van der Waals surface area contributed by atoms with Crippen molar-refractivity contribution in [1.82, 2.24) is 29.4 Å². The average Bonchev–Trinajstić information content (AvgIpc) is 3.87. The van der Waals surface area contributed by atoms with E-state index in [1.165, 1.54) is 0 Å². The van der Waals surface area contributed by atoms with Gasteiger partial charge in [0.15, 0.2) is 0 Å². The van der Waals surface area contributed by atoms with Gasteiger partial charge in [-0.1, -0.05) is 46.4 Å². The fourth-order valence-corrected chi connectivity index (χ4v) is 8.54. The molecule has 3 aliphatic heterocycles. The van der Waals surface area contributed by atoms with Gasteiger partial charge >= 0.3 is 0 Å². The Hall–Kier alpha value is -3.00. The van der Waals surface area contributed by atoms with Crippen LogP contribution in [0.15, 0.2) is 60.7 Å². The molecule has 4 N–H and O–H groups in total. The summed E-state index contributed by atoms with van der Waals surface area (Å²) in [4.78, 5) is 13.5. The van der Waals surface area contributed by atoms with Crippen molar-refractivity contribution in [2.75, 3.05) is 59.3 Å². The number of benzene rings is 4. The summed E-state index contributed by atoms with van der Waals surface area (Å²) in [7, 11) is 0. The van der Waals surface area contributed by atoms with E-state index in [-0.39, 0.29) is 23.0 Å². The summed E-state index contributed by atoms with van der Waals surface area (Å²) in [6.45, 7) is 10.4. The highest BCUT2D eigenvalue weighted by atomic mass is 35.5. The van der Waals surface area contributed by atoms with Crippen molar-refractivity contribution in [3.63, 3.8) is 0 Å². The van der Waals surface area contributed by atoms with Crippen LogP contribution < -0.4 is 0 Å². The Balaban J connectivity index is 0.927. The first-order chi connectivity index (χ1) is 25.4. The zero-order valence-electron chi connectivity index (χ0n) is 29.4.